The fourth-order valence-corrected chi connectivity index (χ4v) is 6.86. The molecule has 11 nitrogen and oxygen atoms in total. The van der Waals surface area contributed by atoms with Gasteiger partial charge in [0, 0.05) is 22.3 Å². The molecule has 0 amide bonds. The molecule has 2 rings (SSSR count). The smallest absolute Gasteiger partial charge is 0.396 e. The van der Waals surface area contributed by atoms with Crippen LogP contribution in [-0.2, 0) is 35.1 Å². The molecule has 0 saturated carbocycles. The summed E-state index contributed by atoms with van der Waals surface area (Å²) in [5.41, 5.74) is 1.93. The molecule has 0 aromatic heterocycles. The van der Waals surface area contributed by atoms with Gasteiger partial charge in [-0.15, -0.1) is 0 Å². The Balaban J connectivity index is 0.00000112. The molecular weight excluding hydrogens is 658 g/mol. The summed E-state index contributed by atoms with van der Waals surface area (Å²) < 4.78 is 43.9. The SMILES string of the molecule is Cc1cc(C(C)(C)C)c(OP(=O)(Oc2c(C(C)(C)C)cc(C)cc2C(C)(C)C)OP(=O)(O)O)c(C(C)(C)C)c1.OCC(CO)(CO)CO. The van der Waals surface area contributed by atoms with Crippen molar-refractivity contribution in [2.75, 3.05) is 26.4 Å². The molecule has 0 spiro atoms. The van der Waals surface area contributed by atoms with Crippen LogP contribution in [0.1, 0.15) is 116 Å². The Morgan fingerprint density at radius 2 is 0.750 bits per heavy atom. The predicted octanol–water partition coefficient (Wildman–Crippen LogP) is 7.11. The van der Waals surface area contributed by atoms with Gasteiger partial charge in [-0.3, -0.25) is 0 Å². The van der Waals surface area contributed by atoms with Crippen LogP contribution >= 0.6 is 15.6 Å². The van der Waals surface area contributed by atoms with E-state index >= 15 is 0 Å². The Morgan fingerprint density at radius 1 is 0.521 bits per heavy atom. The van der Waals surface area contributed by atoms with Crippen molar-refractivity contribution in [2.24, 2.45) is 5.41 Å². The molecule has 0 aliphatic rings. The summed E-state index contributed by atoms with van der Waals surface area (Å²) in [6.07, 6.45) is 0. The average molecular weight is 719 g/mol. The van der Waals surface area contributed by atoms with E-state index in [1.165, 1.54) is 0 Å². The van der Waals surface area contributed by atoms with Crippen LogP contribution < -0.4 is 9.05 Å². The first-order chi connectivity index (χ1) is 21.4. The number of aliphatic hydroxyl groups excluding tert-OH is 4. The molecule has 0 atom stereocenters. The third-order valence-corrected chi connectivity index (χ3v) is 10.1. The molecule has 13 heteroatoms. The third-order valence-electron chi connectivity index (χ3n) is 7.65. The van der Waals surface area contributed by atoms with Gasteiger partial charge in [0.05, 0.1) is 31.8 Å². The number of phosphoric acid groups is 2. The summed E-state index contributed by atoms with van der Waals surface area (Å²) in [7, 11) is -10.3. The standard InChI is InChI=1S/C30H48O7P2.C5H12O4/c1-19-15-21(27(3,4)5)25(22(16-19)28(6,7)8)35-39(34,37-38(31,32)33)36-26-23(29(9,10)11)17-20(2)18-24(26)30(12,13)14;6-1-5(2-7,3-8)4-9/h15-18H,1-14H3,(H2,31,32,33);6-9H,1-4H2. The first-order valence-electron chi connectivity index (χ1n) is 15.9. The summed E-state index contributed by atoms with van der Waals surface area (Å²) in [6, 6.07) is 7.72. The van der Waals surface area contributed by atoms with Gasteiger partial charge in [0.25, 0.3) is 0 Å². The first kappa shape index (κ1) is 44.2. The summed E-state index contributed by atoms with van der Waals surface area (Å²) >= 11 is 0. The maximum absolute atomic E-state index is 14.5. The van der Waals surface area contributed by atoms with E-state index in [0.717, 1.165) is 33.4 Å². The van der Waals surface area contributed by atoms with Gasteiger partial charge in [-0.1, -0.05) is 118 Å². The van der Waals surface area contributed by atoms with Crippen molar-refractivity contribution in [2.45, 2.75) is 119 Å². The lowest BCUT2D eigenvalue weighted by Crippen LogP contribution is -2.37. The van der Waals surface area contributed by atoms with E-state index in [1.807, 2.05) is 121 Å². The fraction of sp³-hybridized carbons (Fsp3) is 0.657. The Bertz CT molecular complexity index is 1300. The summed E-state index contributed by atoms with van der Waals surface area (Å²) in [5, 5.41) is 34.0. The Morgan fingerprint density at radius 3 is 0.896 bits per heavy atom. The minimum absolute atomic E-state index is 0.235. The monoisotopic (exact) mass is 718 g/mol. The van der Waals surface area contributed by atoms with E-state index in [0.29, 0.717) is 0 Å². The van der Waals surface area contributed by atoms with Gasteiger partial charge in [0.15, 0.2) is 0 Å². The van der Waals surface area contributed by atoms with Gasteiger partial charge >= 0.3 is 15.6 Å². The van der Waals surface area contributed by atoms with Crippen molar-refractivity contribution in [3.8, 4) is 11.5 Å². The number of hydrogen-bond donors (Lipinski definition) is 6. The summed E-state index contributed by atoms with van der Waals surface area (Å²) in [6.45, 7) is 26.2. The van der Waals surface area contributed by atoms with Crippen LogP contribution in [0.4, 0.5) is 0 Å². The molecule has 0 fully saturated rings. The van der Waals surface area contributed by atoms with Gasteiger partial charge in [0.2, 0.25) is 0 Å². The Kier molecular flexibility index (Phi) is 14.4. The first-order valence-corrected chi connectivity index (χ1v) is 18.9. The molecule has 2 aromatic rings. The van der Waals surface area contributed by atoms with E-state index in [4.69, 9.17) is 33.8 Å². The average Bonchev–Trinajstić information content (AvgIpc) is 2.88. The van der Waals surface area contributed by atoms with Crippen LogP contribution in [0.5, 0.6) is 11.5 Å². The van der Waals surface area contributed by atoms with Crippen molar-refractivity contribution >= 4 is 15.6 Å². The Labute approximate surface area is 287 Å². The van der Waals surface area contributed by atoms with Crippen molar-refractivity contribution in [3.63, 3.8) is 0 Å². The highest BCUT2D eigenvalue weighted by Crippen LogP contribution is 2.63. The molecule has 0 bridgehead atoms. The zero-order chi connectivity index (χ0) is 37.9. The van der Waals surface area contributed by atoms with E-state index < -0.39 is 69.1 Å². The van der Waals surface area contributed by atoms with Crippen LogP contribution in [0.25, 0.3) is 0 Å². The highest BCUT2D eigenvalue weighted by atomic mass is 31.3. The molecular formula is C35H60O11P2. The molecule has 2 aromatic carbocycles. The normalized spacial score (nSPS) is 13.6. The molecule has 6 N–H and O–H groups in total. The van der Waals surface area contributed by atoms with Gasteiger partial charge < -0.3 is 39.3 Å². The third kappa shape index (κ3) is 12.2. The number of benzene rings is 2. The van der Waals surface area contributed by atoms with Crippen LogP contribution in [0.15, 0.2) is 24.3 Å². The zero-order valence-corrected chi connectivity index (χ0v) is 33.0. The quantitative estimate of drug-likeness (QED) is 0.138. The highest BCUT2D eigenvalue weighted by molar-refractivity contribution is 7.61. The van der Waals surface area contributed by atoms with E-state index in [9.17, 15) is 18.9 Å². The van der Waals surface area contributed by atoms with Crippen LogP contribution in [-0.4, -0.2) is 56.6 Å². The second-order valence-electron chi connectivity index (χ2n) is 16.7. The topological polar surface area (TPSA) is 183 Å². The van der Waals surface area contributed by atoms with Crippen molar-refractivity contribution < 1.29 is 52.7 Å². The lowest BCUT2D eigenvalue weighted by molar-refractivity contribution is -0.0328. The maximum Gasteiger partial charge on any atom is 0.596 e. The summed E-state index contributed by atoms with van der Waals surface area (Å²) in [5.74, 6) is 0.471. The van der Waals surface area contributed by atoms with Gasteiger partial charge in [-0.05, 0) is 35.5 Å². The molecule has 276 valence electrons. The van der Waals surface area contributed by atoms with Crippen molar-refractivity contribution in [1.29, 1.82) is 0 Å². The Hall–Kier alpha value is -1.78. The number of aliphatic hydroxyl groups is 4. The van der Waals surface area contributed by atoms with E-state index in [1.54, 1.807) is 0 Å². The molecule has 0 aliphatic heterocycles. The van der Waals surface area contributed by atoms with Gasteiger partial charge in [0.1, 0.15) is 11.5 Å². The molecule has 0 radical (unpaired) electrons. The minimum Gasteiger partial charge on any atom is -0.396 e. The minimum atomic E-state index is -5.32. The summed E-state index contributed by atoms with van der Waals surface area (Å²) in [4.78, 5) is 19.7. The number of phosphoric ester groups is 1. The predicted molar refractivity (Wildman–Crippen MR) is 190 cm³/mol. The van der Waals surface area contributed by atoms with Crippen molar-refractivity contribution in [3.05, 3.63) is 57.6 Å². The lowest BCUT2D eigenvalue weighted by Gasteiger charge is -2.33. The molecule has 0 saturated heterocycles. The molecule has 0 unspecified atom stereocenters. The number of hydrogen-bond acceptors (Lipinski definition) is 9. The molecule has 0 heterocycles. The maximum atomic E-state index is 14.5. The van der Waals surface area contributed by atoms with E-state index in [2.05, 4.69) is 0 Å². The fourth-order valence-electron chi connectivity index (χ4n) is 4.68. The van der Waals surface area contributed by atoms with Crippen molar-refractivity contribution in [1.82, 2.24) is 0 Å². The zero-order valence-electron chi connectivity index (χ0n) is 31.3. The highest BCUT2D eigenvalue weighted by Gasteiger charge is 2.44. The molecule has 0 aliphatic carbocycles. The second-order valence-corrected chi connectivity index (χ2v) is 19.6. The van der Waals surface area contributed by atoms with Crippen LogP contribution in [0, 0.1) is 19.3 Å². The largest absolute Gasteiger partial charge is 0.596 e. The second kappa shape index (κ2) is 15.6. The van der Waals surface area contributed by atoms with E-state index in [-0.39, 0.29) is 11.5 Å². The van der Waals surface area contributed by atoms with Crippen LogP contribution in [0.2, 0.25) is 0 Å². The van der Waals surface area contributed by atoms with Gasteiger partial charge in [-0.2, -0.15) is 4.31 Å². The molecule has 48 heavy (non-hydrogen) atoms. The number of rotatable bonds is 10. The lowest BCUT2D eigenvalue weighted by atomic mass is 9.78. The van der Waals surface area contributed by atoms with Gasteiger partial charge in [-0.25, -0.2) is 9.13 Å². The van der Waals surface area contributed by atoms with Crippen LogP contribution in [0.3, 0.4) is 0 Å². The number of aryl methyl sites for hydroxylation is 2.